The molecule has 0 aliphatic carbocycles. The van der Waals surface area contributed by atoms with E-state index in [4.69, 9.17) is 0 Å². The highest BCUT2D eigenvalue weighted by Crippen LogP contribution is 2.28. The highest BCUT2D eigenvalue weighted by Gasteiger charge is 2.33. The minimum absolute atomic E-state index is 0.223. The molecule has 3 rings (SSSR count). The van der Waals surface area contributed by atoms with Gasteiger partial charge in [0.25, 0.3) is 11.8 Å². The SMILES string of the molecule is CCCC1Nc2ccc(Br)cc2C(=O)N1NC(=O)c1ccc(Br)cc1. The summed E-state index contributed by atoms with van der Waals surface area (Å²) in [6.45, 7) is 2.04. The van der Waals surface area contributed by atoms with Crippen molar-refractivity contribution >= 4 is 49.4 Å². The molecule has 0 saturated carbocycles. The Morgan fingerprint density at radius 3 is 2.52 bits per heavy atom. The van der Waals surface area contributed by atoms with E-state index < -0.39 is 0 Å². The summed E-state index contributed by atoms with van der Waals surface area (Å²) >= 11 is 6.73. The quantitative estimate of drug-likeness (QED) is 0.694. The molecule has 0 spiro atoms. The van der Waals surface area contributed by atoms with E-state index in [0.29, 0.717) is 11.1 Å². The number of halogens is 2. The van der Waals surface area contributed by atoms with Crippen LogP contribution in [-0.2, 0) is 0 Å². The molecule has 1 heterocycles. The van der Waals surface area contributed by atoms with Gasteiger partial charge in [0.05, 0.1) is 5.56 Å². The summed E-state index contributed by atoms with van der Waals surface area (Å²) in [7, 11) is 0. The van der Waals surface area contributed by atoms with Gasteiger partial charge in [-0.15, -0.1) is 0 Å². The van der Waals surface area contributed by atoms with Crippen LogP contribution in [0, 0.1) is 0 Å². The van der Waals surface area contributed by atoms with Gasteiger partial charge < -0.3 is 5.32 Å². The molecule has 1 unspecified atom stereocenters. The molecule has 130 valence electrons. The first kappa shape index (κ1) is 17.9. The van der Waals surface area contributed by atoms with E-state index in [-0.39, 0.29) is 18.0 Å². The Balaban J connectivity index is 1.88. The molecule has 5 nitrogen and oxygen atoms in total. The van der Waals surface area contributed by atoms with Gasteiger partial charge in [-0.3, -0.25) is 15.0 Å². The van der Waals surface area contributed by atoms with E-state index in [0.717, 1.165) is 27.5 Å². The lowest BCUT2D eigenvalue weighted by atomic mass is 10.1. The number of rotatable bonds is 4. The fraction of sp³-hybridized carbons (Fsp3) is 0.222. The first-order chi connectivity index (χ1) is 12.0. The molecule has 1 atom stereocenters. The molecular formula is C18H17Br2N3O2. The van der Waals surface area contributed by atoms with E-state index in [2.05, 4.69) is 42.6 Å². The lowest BCUT2D eigenvalue weighted by Gasteiger charge is -2.37. The normalized spacial score (nSPS) is 16.2. The lowest BCUT2D eigenvalue weighted by molar-refractivity contribution is 0.0482. The predicted molar refractivity (Wildman–Crippen MR) is 104 cm³/mol. The average molecular weight is 467 g/mol. The third-order valence-electron chi connectivity index (χ3n) is 3.96. The first-order valence-corrected chi connectivity index (χ1v) is 9.54. The number of carbonyl (C=O) groups excluding carboxylic acids is 2. The molecule has 2 aromatic carbocycles. The smallest absolute Gasteiger partial charge is 0.276 e. The van der Waals surface area contributed by atoms with Crippen LogP contribution in [0.1, 0.15) is 40.5 Å². The number of nitrogens with one attached hydrogen (secondary N) is 2. The molecule has 0 fully saturated rings. The van der Waals surface area contributed by atoms with Crippen LogP contribution in [-0.4, -0.2) is 23.0 Å². The number of hydrogen-bond donors (Lipinski definition) is 2. The van der Waals surface area contributed by atoms with Gasteiger partial charge in [-0.1, -0.05) is 45.2 Å². The zero-order chi connectivity index (χ0) is 18.0. The molecule has 7 heteroatoms. The van der Waals surface area contributed by atoms with Gasteiger partial charge in [-0.2, -0.15) is 0 Å². The summed E-state index contributed by atoms with van der Waals surface area (Å²) in [5.41, 5.74) is 4.55. The van der Waals surface area contributed by atoms with Gasteiger partial charge in [-0.25, -0.2) is 5.01 Å². The third kappa shape index (κ3) is 3.88. The van der Waals surface area contributed by atoms with E-state index in [1.54, 1.807) is 30.3 Å². The Labute approximate surface area is 163 Å². The van der Waals surface area contributed by atoms with Crippen LogP contribution in [0.25, 0.3) is 0 Å². The summed E-state index contributed by atoms with van der Waals surface area (Å²) < 4.78 is 1.71. The molecule has 2 aromatic rings. The molecule has 0 bridgehead atoms. The zero-order valence-corrected chi connectivity index (χ0v) is 16.7. The zero-order valence-electron chi connectivity index (χ0n) is 13.6. The summed E-state index contributed by atoms with van der Waals surface area (Å²) in [6, 6.07) is 12.5. The standard InChI is InChI=1S/C18H17Br2N3O2/c1-2-3-16-21-15-9-8-13(20)10-14(15)18(25)23(16)22-17(24)11-4-6-12(19)7-5-11/h4-10,16,21H,2-3H2,1H3,(H,22,24). The Bertz CT molecular complexity index is 808. The van der Waals surface area contributed by atoms with E-state index in [1.165, 1.54) is 5.01 Å². The summed E-state index contributed by atoms with van der Waals surface area (Å²) in [5.74, 6) is -0.541. The molecule has 0 aromatic heterocycles. The number of amides is 2. The van der Waals surface area contributed by atoms with Crippen molar-refractivity contribution < 1.29 is 9.59 Å². The van der Waals surface area contributed by atoms with Gasteiger partial charge in [0.1, 0.15) is 6.17 Å². The molecular weight excluding hydrogens is 450 g/mol. The number of hydrogen-bond acceptors (Lipinski definition) is 3. The second-order valence-electron chi connectivity index (χ2n) is 5.76. The number of hydrazine groups is 1. The Morgan fingerprint density at radius 2 is 1.84 bits per heavy atom. The van der Waals surface area contributed by atoms with Gasteiger partial charge >= 0.3 is 0 Å². The molecule has 0 radical (unpaired) electrons. The third-order valence-corrected chi connectivity index (χ3v) is 4.98. The second-order valence-corrected chi connectivity index (χ2v) is 7.59. The Morgan fingerprint density at radius 1 is 1.16 bits per heavy atom. The van der Waals surface area contributed by atoms with Crippen LogP contribution in [0.15, 0.2) is 51.4 Å². The number of carbonyl (C=O) groups is 2. The molecule has 2 N–H and O–H groups in total. The molecule has 0 saturated heterocycles. The van der Waals surface area contributed by atoms with Gasteiger partial charge in [0.15, 0.2) is 0 Å². The molecule has 1 aliphatic heterocycles. The summed E-state index contributed by atoms with van der Waals surface area (Å²) in [6.07, 6.45) is 1.31. The maximum Gasteiger partial charge on any atom is 0.276 e. The van der Waals surface area contributed by atoms with Crippen molar-refractivity contribution in [1.82, 2.24) is 10.4 Å². The van der Waals surface area contributed by atoms with Crippen LogP contribution in [0.4, 0.5) is 5.69 Å². The fourth-order valence-electron chi connectivity index (χ4n) is 2.71. The van der Waals surface area contributed by atoms with Crippen LogP contribution >= 0.6 is 31.9 Å². The van der Waals surface area contributed by atoms with Crippen molar-refractivity contribution in [3.8, 4) is 0 Å². The van der Waals surface area contributed by atoms with Crippen molar-refractivity contribution in [3.05, 3.63) is 62.5 Å². The first-order valence-electron chi connectivity index (χ1n) is 7.96. The summed E-state index contributed by atoms with van der Waals surface area (Å²) in [4.78, 5) is 25.5. The number of anilines is 1. The largest absolute Gasteiger partial charge is 0.363 e. The van der Waals surface area contributed by atoms with Crippen LogP contribution in [0.2, 0.25) is 0 Å². The maximum atomic E-state index is 12.9. The van der Waals surface area contributed by atoms with Crippen molar-refractivity contribution in [3.63, 3.8) is 0 Å². The van der Waals surface area contributed by atoms with Crippen LogP contribution < -0.4 is 10.7 Å². The van der Waals surface area contributed by atoms with E-state index in [9.17, 15) is 9.59 Å². The fourth-order valence-corrected chi connectivity index (χ4v) is 3.34. The van der Waals surface area contributed by atoms with Crippen molar-refractivity contribution in [2.24, 2.45) is 0 Å². The molecule has 2 amide bonds. The number of nitrogens with zero attached hydrogens (tertiary/aromatic N) is 1. The lowest BCUT2D eigenvalue weighted by Crippen LogP contribution is -2.57. The van der Waals surface area contributed by atoms with Crippen LogP contribution in [0.5, 0.6) is 0 Å². The number of fused-ring (bicyclic) bond motifs is 1. The van der Waals surface area contributed by atoms with Crippen LogP contribution in [0.3, 0.4) is 0 Å². The Hall–Kier alpha value is -1.86. The number of benzene rings is 2. The topological polar surface area (TPSA) is 61.4 Å². The highest BCUT2D eigenvalue weighted by molar-refractivity contribution is 9.10. The van der Waals surface area contributed by atoms with Crippen molar-refractivity contribution in [2.75, 3.05) is 5.32 Å². The Kier molecular flexibility index (Phi) is 5.44. The van der Waals surface area contributed by atoms with Crippen molar-refractivity contribution in [2.45, 2.75) is 25.9 Å². The van der Waals surface area contributed by atoms with E-state index in [1.807, 2.05) is 19.1 Å². The monoisotopic (exact) mass is 465 g/mol. The highest BCUT2D eigenvalue weighted by atomic mass is 79.9. The van der Waals surface area contributed by atoms with E-state index >= 15 is 0 Å². The van der Waals surface area contributed by atoms with Gasteiger partial charge in [0, 0.05) is 20.2 Å². The predicted octanol–water partition coefficient (Wildman–Crippen LogP) is 4.55. The molecule has 25 heavy (non-hydrogen) atoms. The second kappa shape index (κ2) is 7.58. The average Bonchev–Trinajstić information content (AvgIpc) is 2.59. The van der Waals surface area contributed by atoms with Gasteiger partial charge in [0.2, 0.25) is 0 Å². The van der Waals surface area contributed by atoms with Crippen molar-refractivity contribution in [1.29, 1.82) is 0 Å². The minimum Gasteiger partial charge on any atom is -0.363 e. The minimum atomic E-state index is -0.317. The summed E-state index contributed by atoms with van der Waals surface area (Å²) in [5, 5.41) is 4.73. The van der Waals surface area contributed by atoms with Gasteiger partial charge in [-0.05, 0) is 48.9 Å². The maximum absolute atomic E-state index is 12.9. The molecule has 1 aliphatic rings.